The Hall–Kier alpha value is -5.15. The summed E-state index contributed by atoms with van der Waals surface area (Å²) in [6.45, 7) is 21.0. The van der Waals surface area contributed by atoms with Crippen molar-refractivity contribution in [3.05, 3.63) is 104 Å². The van der Waals surface area contributed by atoms with E-state index in [9.17, 15) is 40.2 Å². The fraction of sp³-hybridized carbons (Fsp3) is 0.481. The van der Waals surface area contributed by atoms with Gasteiger partial charge in [0.15, 0.2) is 23.0 Å². The maximum Gasteiger partial charge on any atom is 2.00 e. The van der Waals surface area contributed by atoms with Crippen molar-refractivity contribution >= 4 is 34.7 Å². The fourth-order valence-electron chi connectivity index (χ4n) is 7.37. The van der Waals surface area contributed by atoms with Gasteiger partial charge in [-0.3, -0.25) is 9.98 Å². The molecule has 0 spiro atoms. The summed E-state index contributed by atoms with van der Waals surface area (Å²) in [6.07, 6.45) is 14.7. The molecule has 0 saturated carbocycles. The number of aliphatic imine (C=N–C) groups is 2. The molecule has 11 heteroatoms. The number of hydrogen-bond donors (Lipinski definition) is 4. The number of nitrogens with zero attached hydrogens (tertiary/aromatic N) is 2. The molecule has 0 aliphatic carbocycles. The number of aromatic hydroxyl groups is 4. The van der Waals surface area contributed by atoms with Gasteiger partial charge in [-0.15, -0.1) is 0 Å². The van der Waals surface area contributed by atoms with Gasteiger partial charge in [0, 0.05) is 11.1 Å². The van der Waals surface area contributed by atoms with Gasteiger partial charge in [0.25, 0.3) is 0 Å². The van der Waals surface area contributed by atoms with Crippen LogP contribution in [0.2, 0.25) is 0 Å². The molecule has 0 unspecified atom stereocenters. The van der Waals surface area contributed by atoms with Crippen LogP contribution in [0.3, 0.4) is 0 Å². The molecular weight excluding hydrogens is 863 g/mol. The van der Waals surface area contributed by atoms with E-state index in [0.717, 1.165) is 111 Å². The summed E-state index contributed by atoms with van der Waals surface area (Å²) in [6, 6.07) is 15.8. The Balaban J connectivity index is 0.000000504. The zero-order valence-corrected chi connectivity index (χ0v) is 41.6. The molecule has 0 saturated heterocycles. The van der Waals surface area contributed by atoms with Gasteiger partial charge in [0.2, 0.25) is 0 Å². The van der Waals surface area contributed by atoms with Gasteiger partial charge in [-0.1, -0.05) is 92.2 Å². The number of aromatic carboxylic acids is 2. The first-order chi connectivity index (χ1) is 30.5. The number of carbonyl (C=O) groups excluding carboxylic acids is 2. The standard InChI is InChI=1S/C26H36N2.2C14H20O4.Ni/c1-7-9-11-25(27-23-15-13-19(3)21(5)17-23)26(12-10-8-2)28-24-16-14-20(4)22(6)18-24;2*1-3-5-6-7-10-9(4-2)8-11(15)13(16)12(10)14(17)18;/h13-18H,7-12H2,1-6H3;2*8,15-16H,3-7H2,1-2H3,(H,17,18);/q;;;+2/p-2. The van der Waals surface area contributed by atoms with E-state index in [2.05, 4.69) is 91.8 Å². The van der Waals surface area contributed by atoms with Crippen molar-refractivity contribution < 1.29 is 56.7 Å². The maximum atomic E-state index is 11.1. The Morgan fingerprint density at radius 2 is 0.831 bits per heavy atom. The molecule has 0 amide bonds. The summed E-state index contributed by atoms with van der Waals surface area (Å²) in [5.41, 5.74) is 11.7. The first-order valence-electron chi connectivity index (χ1n) is 23.4. The van der Waals surface area contributed by atoms with Crippen molar-refractivity contribution in [3.63, 3.8) is 0 Å². The molecule has 0 radical (unpaired) electrons. The second kappa shape index (κ2) is 30.1. The minimum absolute atomic E-state index is 0. The van der Waals surface area contributed by atoms with Crippen LogP contribution < -0.4 is 10.2 Å². The van der Waals surface area contributed by atoms with Gasteiger partial charge in [-0.25, -0.2) is 0 Å². The topological polar surface area (TPSA) is 186 Å². The summed E-state index contributed by atoms with van der Waals surface area (Å²) in [5, 5.41) is 60.6. The number of rotatable bonds is 21. The molecular formula is C54H74N2NiO8. The van der Waals surface area contributed by atoms with Gasteiger partial charge in [0.05, 0.1) is 34.7 Å². The van der Waals surface area contributed by atoms with Crippen molar-refractivity contribution in [2.45, 2.75) is 172 Å². The van der Waals surface area contributed by atoms with Crippen LogP contribution in [-0.2, 0) is 42.2 Å². The minimum Gasteiger partial charge on any atom is -0.545 e. The Morgan fingerprint density at radius 3 is 1.11 bits per heavy atom. The molecule has 0 bridgehead atoms. The van der Waals surface area contributed by atoms with Gasteiger partial charge in [0.1, 0.15) is 0 Å². The maximum absolute atomic E-state index is 11.1. The number of carbonyl (C=O) groups is 2. The molecule has 358 valence electrons. The third kappa shape index (κ3) is 18.0. The smallest absolute Gasteiger partial charge is 0.545 e. The van der Waals surface area contributed by atoms with E-state index in [1.807, 2.05) is 13.8 Å². The van der Waals surface area contributed by atoms with Crippen molar-refractivity contribution in [2.75, 3.05) is 0 Å². The SMILES string of the molecule is CCCCC(=Nc1ccc(C)c(C)c1)C(CCCC)=Nc1ccc(C)c(C)c1.CCCCCc1c(CC)cc(O)c(O)c1C(=O)[O-].CCCCCc1c(CC)cc(O)c(O)c1C(=O)[O-].[Ni+2]. The van der Waals surface area contributed by atoms with Crippen molar-refractivity contribution in [1.29, 1.82) is 0 Å². The Labute approximate surface area is 398 Å². The third-order valence-corrected chi connectivity index (χ3v) is 11.6. The summed E-state index contributed by atoms with van der Waals surface area (Å²) in [7, 11) is 0. The number of benzene rings is 4. The van der Waals surface area contributed by atoms with Crippen LogP contribution in [-0.4, -0.2) is 43.8 Å². The molecule has 0 atom stereocenters. The number of unbranched alkanes of at least 4 members (excludes halogenated alkanes) is 6. The van der Waals surface area contributed by atoms with Crippen LogP contribution in [0.4, 0.5) is 11.4 Å². The summed E-state index contributed by atoms with van der Waals surface area (Å²) in [4.78, 5) is 32.4. The Morgan fingerprint density at radius 1 is 0.492 bits per heavy atom. The number of carboxylic acids is 2. The molecule has 0 aromatic heterocycles. The molecule has 0 fully saturated rings. The molecule has 4 aromatic carbocycles. The third-order valence-electron chi connectivity index (χ3n) is 11.6. The minimum atomic E-state index is -1.44. The predicted octanol–water partition coefficient (Wildman–Crippen LogP) is 11.7. The van der Waals surface area contributed by atoms with Crippen LogP contribution in [0.15, 0.2) is 58.5 Å². The molecule has 10 nitrogen and oxygen atoms in total. The quantitative estimate of drug-likeness (QED) is 0.0275. The van der Waals surface area contributed by atoms with Crippen LogP contribution in [0.5, 0.6) is 23.0 Å². The molecule has 4 rings (SSSR count). The molecule has 0 aliphatic heterocycles. The van der Waals surface area contributed by atoms with Crippen LogP contribution in [0.1, 0.15) is 184 Å². The van der Waals surface area contributed by atoms with E-state index in [-0.39, 0.29) is 27.6 Å². The van der Waals surface area contributed by atoms with E-state index < -0.39 is 34.9 Å². The van der Waals surface area contributed by atoms with Crippen LogP contribution in [0, 0.1) is 27.7 Å². The van der Waals surface area contributed by atoms with E-state index >= 15 is 0 Å². The Kier molecular flexibility index (Phi) is 26.8. The summed E-state index contributed by atoms with van der Waals surface area (Å²) < 4.78 is 0. The first kappa shape index (κ1) is 57.9. The number of phenolic OH excluding ortho intramolecular Hbond substituents is 2. The van der Waals surface area contributed by atoms with Crippen molar-refractivity contribution in [3.8, 4) is 23.0 Å². The Bertz CT molecular complexity index is 2060. The summed E-state index contributed by atoms with van der Waals surface area (Å²) in [5.74, 6) is -4.85. The zero-order chi connectivity index (χ0) is 47.9. The van der Waals surface area contributed by atoms with Crippen LogP contribution >= 0.6 is 0 Å². The summed E-state index contributed by atoms with van der Waals surface area (Å²) >= 11 is 0. The first-order valence-corrected chi connectivity index (χ1v) is 23.4. The van der Waals surface area contributed by atoms with E-state index in [4.69, 9.17) is 9.98 Å². The monoisotopic (exact) mass is 936 g/mol. The molecule has 4 aromatic rings. The molecule has 0 heterocycles. The number of phenols is 4. The second-order valence-electron chi connectivity index (χ2n) is 16.6. The largest absolute Gasteiger partial charge is 2.00 e. The normalized spacial score (nSPS) is 11.2. The van der Waals surface area contributed by atoms with Gasteiger partial charge in [-0.2, -0.15) is 0 Å². The van der Waals surface area contributed by atoms with Gasteiger partial charge in [-0.05, 0) is 173 Å². The molecule has 0 aliphatic rings. The molecule has 4 N–H and O–H groups in total. The number of aryl methyl sites for hydroxylation is 6. The van der Waals surface area contributed by atoms with Crippen molar-refractivity contribution in [1.82, 2.24) is 0 Å². The average Bonchev–Trinajstić information content (AvgIpc) is 3.26. The van der Waals surface area contributed by atoms with E-state index in [1.54, 1.807) is 0 Å². The van der Waals surface area contributed by atoms with E-state index in [1.165, 1.54) is 34.4 Å². The second-order valence-corrected chi connectivity index (χ2v) is 16.6. The van der Waals surface area contributed by atoms with Gasteiger partial charge < -0.3 is 40.2 Å². The van der Waals surface area contributed by atoms with Gasteiger partial charge >= 0.3 is 16.5 Å². The predicted molar refractivity (Wildman–Crippen MR) is 258 cm³/mol. The van der Waals surface area contributed by atoms with E-state index in [0.29, 0.717) is 36.8 Å². The average molecular weight is 938 g/mol. The van der Waals surface area contributed by atoms with Crippen LogP contribution in [0.25, 0.3) is 0 Å². The fourth-order valence-corrected chi connectivity index (χ4v) is 7.37. The molecule has 65 heavy (non-hydrogen) atoms. The zero-order valence-electron chi connectivity index (χ0n) is 40.6. The number of hydrogen-bond acceptors (Lipinski definition) is 10. The van der Waals surface area contributed by atoms with Crippen molar-refractivity contribution in [2.24, 2.45) is 9.98 Å². The number of carboxylic acid groups (broad SMARTS) is 2.